The SMILES string of the molecule is COC(=O)c1ccccc1Nc1cc(C)nc(Nc2ccccc2C(C)C)n1. The third-order valence-corrected chi connectivity index (χ3v) is 4.28. The second kappa shape index (κ2) is 8.52. The van der Waals surface area contributed by atoms with Gasteiger partial charge in [-0.3, -0.25) is 0 Å². The van der Waals surface area contributed by atoms with Gasteiger partial charge in [0.1, 0.15) is 5.82 Å². The quantitative estimate of drug-likeness (QED) is 0.577. The number of hydrogen-bond donors (Lipinski definition) is 2. The summed E-state index contributed by atoms with van der Waals surface area (Å²) in [5.41, 5.74) is 4.04. The van der Waals surface area contributed by atoms with E-state index < -0.39 is 5.97 Å². The number of para-hydroxylation sites is 2. The van der Waals surface area contributed by atoms with Gasteiger partial charge in [0.25, 0.3) is 0 Å². The molecule has 6 heteroatoms. The first-order valence-electron chi connectivity index (χ1n) is 9.14. The van der Waals surface area contributed by atoms with Crippen LogP contribution in [0, 0.1) is 6.92 Å². The molecule has 0 radical (unpaired) electrons. The van der Waals surface area contributed by atoms with Crippen molar-refractivity contribution < 1.29 is 9.53 Å². The summed E-state index contributed by atoms with van der Waals surface area (Å²) >= 11 is 0. The highest BCUT2D eigenvalue weighted by Gasteiger charge is 2.13. The predicted octanol–water partition coefficient (Wildman–Crippen LogP) is 5.18. The van der Waals surface area contributed by atoms with Crippen LogP contribution in [0.4, 0.5) is 23.1 Å². The Hall–Kier alpha value is -3.41. The van der Waals surface area contributed by atoms with Crippen LogP contribution in [-0.4, -0.2) is 23.0 Å². The summed E-state index contributed by atoms with van der Waals surface area (Å²) in [6, 6.07) is 17.1. The van der Waals surface area contributed by atoms with Crippen molar-refractivity contribution in [1.82, 2.24) is 9.97 Å². The molecule has 0 amide bonds. The number of hydrogen-bond acceptors (Lipinski definition) is 6. The van der Waals surface area contributed by atoms with E-state index in [1.165, 1.54) is 12.7 Å². The van der Waals surface area contributed by atoms with Crippen LogP contribution in [0.5, 0.6) is 0 Å². The summed E-state index contributed by atoms with van der Waals surface area (Å²) in [5.74, 6) is 1.05. The fraction of sp³-hybridized carbons (Fsp3) is 0.227. The number of carbonyl (C=O) groups excluding carboxylic acids is 1. The van der Waals surface area contributed by atoms with Gasteiger partial charge in [-0.25, -0.2) is 9.78 Å². The van der Waals surface area contributed by atoms with Gasteiger partial charge < -0.3 is 15.4 Å². The standard InChI is InChI=1S/C22H24N4O2/c1-14(2)16-9-5-7-11-18(16)25-22-23-15(3)13-20(26-22)24-19-12-8-6-10-17(19)21(27)28-4/h5-14H,1-4H3,(H2,23,24,25,26). The molecular weight excluding hydrogens is 352 g/mol. The fourth-order valence-corrected chi connectivity index (χ4v) is 2.94. The lowest BCUT2D eigenvalue weighted by atomic mass is 10.0. The summed E-state index contributed by atoms with van der Waals surface area (Å²) in [6.07, 6.45) is 0. The van der Waals surface area contributed by atoms with Gasteiger partial charge >= 0.3 is 5.97 Å². The lowest BCUT2D eigenvalue weighted by molar-refractivity contribution is 0.0602. The minimum atomic E-state index is -0.405. The van der Waals surface area contributed by atoms with Gasteiger partial charge in [-0.05, 0) is 36.6 Å². The van der Waals surface area contributed by atoms with E-state index in [9.17, 15) is 4.79 Å². The number of nitrogens with one attached hydrogen (secondary N) is 2. The molecule has 28 heavy (non-hydrogen) atoms. The Morgan fingerprint density at radius 1 is 0.964 bits per heavy atom. The van der Waals surface area contributed by atoms with Crippen LogP contribution in [0.3, 0.4) is 0 Å². The van der Waals surface area contributed by atoms with E-state index in [2.05, 4.69) is 40.5 Å². The third-order valence-electron chi connectivity index (χ3n) is 4.28. The van der Waals surface area contributed by atoms with Gasteiger partial charge in [0, 0.05) is 17.4 Å². The number of anilines is 4. The van der Waals surface area contributed by atoms with Crippen molar-refractivity contribution in [3.8, 4) is 0 Å². The minimum Gasteiger partial charge on any atom is -0.465 e. The van der Waals surface area contributed by atoms with E-state index in [0.717, 1.165) is 11.4 Å². The van der Waals surface area contributed by atoms with Gasteiger partial charge in [0.15, 0.2) is 0 Å². The molecule has 2 aromatic carbocycles. The molecule has 0 aliphatic carbocycles. The molecule has 0 aliphatic heterocycles. The largest absolute Gasteiger partial charge is 0.465 e. The molecule has 0 spiro atoms. The zero-order chi connectivity index (χ0) is 20.1. The van der Waals surface area contributed by atoms with Gasteiger partial charge in [-0.15, -0.1) is 0 Å². The number of benzene rings is 2. The van der Waals surface area contributed by atoms with Crippen molar-refractivity contribution in [2.45, 2.75) is 26.7 Å². The minimum absolute atomic E-state index is 0.373. The van der Waals surface area contributed by atoms with E-state index in [-0.39, 0.29) is 0 Å². The second-order valence-corrected chi connectivity index (χ2v) is 6.75. The Morgan fingerprint density at radius 3 is 2.36 bits per heavy atom. The van der Waals surface area contributed by atoms with Crippen molar-refractivity contribution in [2.75, 3.05) is 17.7 Å². The number of nitrogens with zero attached hydrogens (tertiary/aromatic N) is 2. The Kier molecular flexibility index (Phi) is 5.89. The number of esters is 1. The summed E-state index contributed by atoms with van der Waals surface area (Å²) in [5, 5.41) is 6.52. The molecule has 6 nitrogen and oxygen atoms in total. The predicted molar refractivity (Wildman–Crippen MR) is 112 cm³/mol. The van der Waals surface area contributed by atoms with E-state index in [1.54, 1.807) is 12.1 Å². The molecule has 0 atom stereocenters. The number of rotatable bonds is 6. The Labute approximate surface area is 165 Å². The summed E-state index contributed by atoms with van der Waals surface area (Å²) in [7, 11) is 1.36. The molecule has 1 aromatic heterocycles. The second-order valence-electron chi connectivity index (χ2n) is 6.75. The lowest BCUT2D eigenvalue weighted by Gasteiger charge is -2.15. The number of aromatic nitrogens is 2. The van der Waals surface area contributed by atoms with Gasteiger partial charge in [0.2, 0.25) is 5.95 Å². The summed E-state index contributed by atoms with van der Waals surface area (Å²) in [6.45, 7) is 6.20. The third kappa shape index (κ3) is 4.46. The highest BCUT2D eigenvalue weighted by Crippen LogP contribution is 2.27. The molecule has 0 saturated carbocycles. The highest BCUT2D eigenvalue weighted by molar-refractivity contribution is 5.96. The van der Waals surface area contributed by atoms with Crippen LogP contribution in [-0.2, 0) is 4.74 Å². The maximum Gasteiger partial charge on any atom is 0.339 e. The molecule has 2 N–H and O–H groups in total. The lowest BCUT2D eigenvalue weighted by Crippen LogP contribution is -2.08. The van der Waals surface area contributed by atoms with Crippen LogP contribution in [0.25, 0.3) is 0 Å². The maximum absolute atomic E-state index is 12.0. The monoisotopic (exact) mass is 376 g/mol. The number of methoxy groups -OCH3 is 1. The van der Waals surface area contributed by atoms with E-state index in [1.807, 2.05) is 43.3 Å². The van der Waals surface area contributed by atoms with E-state index >= 15 is 0 Å². The number of carbonyl (C=O) groups is 1. The molecular formula is C22H24N4O2. The number of ether oxygens (including phenoxy) is 1. The van der Waals surface area contributed by atoms with Gasteiger partial charge in [-0.2, -0.15) is 4.98 Å². The van der Waals surface area contributed by atoms with Crippen molar-refractivity contribution >= 4 is 29.1 Å². The molecule has 3 rings (SSSR count). The number of aryl methyl sites for hydroxylation is 1. The molecule has 1 heterocycles. The summed E-state index contributed by atoms with van der Waals surface area (Å²) < 4.78 is 4.85. The zero-order valence-corrected chi connectivity index (χ0v) is 16.5. The first-order valence-corrected chi connectivity index (χ1v) is 9.14. The van der Waals surface area contributed by atoms with E-state index in [0.29, 0.717) is 28.9 Å². The van der Waals surface area contributed by atoms with Crippen LogP contribution >= 0.6 is 0 Å². The smallest absolute Gasteiger partial charge is 0.339 e. The molecule has 0 bridgehead atoms. The first-order chi connectivity index (χ1) is 13.5. The average molecular weight is 376 g/mol. The van der Waals surface area contributed by atoms with Crippen molar-refractivity contribution in [3.63, 3.8) is 0 Å². The molecule has 0 fully saturated rings. The normalized spacial score (nSPS) is 10.6. The molecule has 0 saturated heterocycles. The van der Waals surface area contributed by atoms with Crippen LogP contribution in [0.2, 0.25) is 0 Å². The fourth-order valence-electron chi connectivity index (χ4n) is 2.94. The topological polar surface area (TPSA) is 76.1 Å². The average Bonchev–Trinajstić information content (AvgIpc) is 2.67. The van der Waals surface area contributed by atoms with Crippen LogP contribution in [0.1, 0.15) is 41.4 Å². The molecule has 144 valence electrons. The van der Waals surface area contributed by atoms with Crippen LogP contribution < -0.4 is 10.6 Å². The summed E-state index contributed by atoms with van der Waals surface area (Å²) in [4.78, 5) is 21.0. The molecule has 3 aromatic rings. The molecule has 0 aliphatic rings. The van der Waals surface area contributed by atoms with Crippen molar-refractivity contribution in [2.24, 2.45) is 0 Å². The van der Waals surface area contributed by atoms with Crippen molar-refractivity contribution in [3.05, 3.63) is 71.4 Å². The van der Waals surface area contributed by atoms with Gasteiger partial charge in [-0.1, -0.05) is 44.2 Å². The highest BCUT2D eigenvalue weighted by atomic mass is 16.5. The first kappa shape index (κ1) is 19.4. The zero-order valence-electron chi connectivity index (χ0n) is 16.5. The Balaban J connectivity index is 1.91. The van der Waals surface area contributed by atoms with Crippen LogP contribution in [0.15, 0.2) is 54.6 Å². The maximum atomic E-state index is 12.0. The Bertz CT molecular complexity index is 986. The van der Waals surface area contributed by atoms with Crippen molar-refractivity contribution in [1.29, 1.82) is 0 Å². The van der Waals surface area contributed by atoms with E-state index in [4.69, 9.17) is 4.74 Å². The van der Waals surface area contributed by atoms with Gasteiger partial charge in [0.05, 0.1) is 18.4 Å². The Morgan fingerprint density at radius 2 is 1.64 bits per heavy atom. The molecule has 0 unspecified atom stereocenters.